The van der Waals surface area contributed by atoms with Crippen LogP contribution in [0.4, 0.5) is 13.2 Å². The molecule has 0 unspecified atom stereocenters. The number of hydrogen-bond acceptors (Lipinski definition) is 2. The summed E-state index contributed by atoms with van der Waals surface area (Å²) in [5.41, 5.74) is 13.4. The Balaban J connectivity index is 0.00000312. The van der Waals surface area contributed by atoms with Gasteiger partial charge in [0, 0.05) is 13.1 Å². The Morgan fingerprint density at radius 1 is 1.19 bits per heavy atom. The summed E-state index contributed by atoms with van der Waals surface area (Å²) < 4.78 is 40.0. The summed E-state index contributed by atoms with van der Waals surface area (Å²) in [5, 5.41) is 0. The van der Waals surface area contributed by atoms with E-state index in [-0.39, 0.29) is 49.0 Å². The predicted octanol–water partition coefficient (Wildman–Crippen LogP) is 2.82. The molecular weight excluding hydrogens is 394 g/mol. The lowest BCUT2D eigenvalue weighted by Gasteiger charge is -2.16. The van der Waals surface area contributed by atoms with Crippen LogP contribution >= 0.6 is 24.8 Å². The largest absolute Gasteiger partial charge is 0.573 e. The second-order valence-electron chi connectivity index (χ2n) is 5.27. The van der Waals surface area contributed by atoms with Gasteiger partial charge in [0.05, 0.1) is 6.54 Å². The van der Waals surface area contributed by atoms with Crippen molar-refractivity contribution in [2.45, 2.75) is 19.8 Å². The first-order valence-electron chi connectivity index (χ1n) is 7.12. The molecule has 1 aliphatic rings. The maximum Gasteiger partial charge on any atom is 0.573 e. The van der Waals surface area contributed by atoms with Crippen LogP contribution in [0.1, 0.15) is 12.5 Å². The predicted molar refractivity (Wildman–Crippen MR) is 99.9 cm³/mol. The number of aliphatic imine (C=N–C) groups is 2. The molecule has 0 aliphatic carbocycles. The number of ether oxygens (including phenoxy) is 1. The van der Waals surface area contributed by atoms with Gasteiger partial charge in [0.15, 0.2) is 5.96 Å². The highest BCUT2D eigenvalue weighted by Gasteiger charge is 2.30. The first-order chi connectivity index (χ1) is 11.2. The van der Waals surface area contributed by atoms with Crippen molar-refractivity contribution in [1.29, 1.82) is 0 Å². The van der Waals surface area contributed by atoms with Gasteiger partial charge in [-0.15, -0.1) is 38.0 Å². The first kappa shape index (κ1) is 23.9. The molecule has 1 aliphatic heterocycles. The highest BCUT2D eigenvalue weighted by molar-refractivity contribution is 5.93. The number of alkyl halides is 3. The lowest BCUT2D eigenvalue weighted by molar-refractivity contribution is -0.274. The van der Waals surface area contributed by atoms with Crippen LogP contribution < -0.4 is 16.2 Å². The third kappa shape index (κ3) is 7.83. The minimum Gasteiger partial charge on any atom is -0.406 e. The lowest BCUT2D eigenvalue weighted by Crippen LogP contribution is -2.37. The Hall–Kier alpha value is -2.13. The second-order valence-corrected chi connectivity index (χ2v) is 5.27. The van der Waals surface area contributed by atoms with E-state index in [1.54, 1.807) is 0 Å². The number of benzene rings is 1. The fraction of sp³-hybridized carbons (Fsp3) is 0.333. The molecular formula is C15H20Cl2F3N5O. The van der Waals surface area contributed by atoms with E-state index in [2.05, 4.69) is 14.7 Å². The van der Waals surface area contributed by atoms with Gasteiger partial charge in [-0.05, 0) is 24.6 Å². The van der Waals surface area contributed by atoms with Crippen LogP contribution in [-0.2, 0) is 6.54 Å². The van der Waals surface area contributed by atoms with Gasteiger partial charge in [-0.2, -0.15) is 4.99 Å². The zero-order valence-electron chi connectivity index (χ0n) is 13.9. The van der Waals surface area contributed by atoms with Gasteiger partial charge < -0.3 is 21.1 Å². The van der Waals surface area contributed by atoms with Gasteiger partial charge in [-0.25, -0.2) is 4.99 Å². The molecule has 0 saturated heterocycles. The summed E-state index contributed by atoms with van der Waals surface area (Å²) in [7, 11) is 0. The molecule has 26 heavy (non-hydrogen) atoms. The highest BCUT2D eigenvalue weighted by Crippen LogP contribution is 2.22. The standard InChI is InChI=1S/C15H18F3N5O.2ClH/c1-10-6-7-23(9-10)14(20)22-13(19)21-8-11-2-4-12(5-3-11)24-15(16,17)18;;/h2-6H,7-9H2,1H3,(H4,19,20,21,22);2*1H. The Morgan fingerprint density at radius 3 is 2.31 bits per heavy atom. The third-order valence-corrected chi connectivity index (χ3v) is 3.23. The average molecular weight is 414 g/mol. The van der Waals surface area contributed by atoms with E-state index in [0.717, 1.165) is 0 Å². The molecule has 0 radical (unpaired) electrons. The molecule has 0 atom stereocenters. The molecule has 11 heteroatoms. The first-order valence-corrected chi connectivity index (χ1v) is 7.12. The van der Waals surface area contributed by atoms with E-state index in [1.807, 2.05) is 17.9 Å². The van der Waals surface area contributed by atoms with E-state index in [9.17, 15) is 13.2 Å². The summed E-state index contributed by atoms with van der Waals surface area (Å²) >= 11 is 0. The van der Waals surface area contributed by atoms with E-state index >= 15 is 0 Å². The summed E-state index contributed by atoms with van der Waals surface area (Å²) in [6.45, 7) is 3.54. The monoisotopic (exact) mass is 413 g/mol. The van der Waals surface area contributed by atoms with E-state index < -0.39 is 6.36 Å². The lowest BCUT2D eigenvalue weighted by atomic mass is 10.2. The van der Waals surface area contributed by atoms with Crippen LogP contribution in [0.25, 0.3) is 0 Å². The summed E-state index contributed by atoms with van der Waals surface area (Å²) in [4.78, 5) is 9.91. The maximum atomic E-state index is 12.1. The van der Waals surface area contributed by atoms with Crippen molar-refractivity contribution in [3.63, 3.8) is 0 Å². The number of rotatable bonds is 3. The van der Waals surface area contributed by atoms with Gasteiger partial charge >= 0.3 is 6.36 Å². The summed E-state index contributed by atoms with van der Waals surface area (Å²) in [6.07, 6.45) is -2.67. The van der Waals surface area contributed by atoms with Crippen LogP contribution in [0.3, 0.4) is 0 Å². The second kappa shape index (κ2) is 10.1. The Morgan fingerprint density at radius 2 is 1.81 bits per heavy atom. The third-order valence-electron chi connectivity index (χ3n) is 3.23. The minimum absolute atomic E-state index is 0. The molecule has 1 aromatic carbocycles. The SMILES string of the molecule is CC1=CCN(/C(N)=N\C(N)=NCc2ccc(OC(F)(F)F)cc2)C1.Cl.Cl. The smallest absolute Gasteiger partial charge is 0.406 e. The highest BCUT2D eigenvalue weighted by atomic mass is 35.5. The van der Waals surface area contributed by atoms with Crippen molar-refractivity contribution in [3.05, 3.63) is 41.5 Å². The van der Waals surface area contributed by atoms with E-state index in [0.29, 0.717) is 18.7 Å². The zero-order chi connectivity index (χ0) is 17.7. The molecule has 2 rings (SSSR count). The van der Waals surface area contributed by atoms with Crippen molar-refractivity contribution < 1.29 is 17.9 Å². The van der Waals surface area contributed by atoms with Gasteiger partial charge in [0.2, 0.25) is 5.96 Å². The normalized spacial score (nSPS) is 15.1. The number of nitrogens with two attached hydrogens (primary N) is 2. The number of hydrogen-bond donors (Lipinski definition) is 2. The number of nitrogens with zero attached hydrogens (tertiary/aromatic N) is 3. The Labute approximate surface area is 161 Å². The fourth-order valence-corrected chi connectivity index (χ4v) is 2.06. The molecule has 0 spiro atoms. The molecule has 1 aromatic rings. The quantitative estimate of drug-likeness (QED) is 0.452. The van der Waals surface area contributed by atoms with Gasteiger partial charge in [0.25, 0.3) is 0 Å². The zero-order valence-corrected chi connectivity index (χ0v) is 15.5. The van der Waals surface area contributed by atoms with Gasteiger partial charge in [-0.1, -0.05) is 23.8 Å². The summed E-state index contributed by atoms with van der Waals surface area (Å²) in [6, 6.07) is 5.37. The van der Waals surface area contributed by atoms with Crippen molar-refractivity contribution in [2.75, 3.05) is 13.1 Å². The fourth-order valence-electron chi connectivity index (χ4n) is 2.06. The van der Waals surface area contributed by atoms with Crippen LogP contribution in [0.2, 0.25) is 0 Å². The number of halogens is 5. The Kier molecular flexibility index (Phi) is 9.29. The molecule has 0 bridgehead atoms. The molecule has 0 saturated carbocycles. The van der Waals surface area contributed by atoms with Crippen LogP contribution in [0.15, 0.2) is 45.9 Å². The molecule has 4 N–H and O–H groups in total. The molecule has 1 heterocycles. The van der Waals surface area contributed by atoms with Crippen molar-refractivity contribution in [3.8, 4) is 5.75 Å². The molecule has 0 aromatic heterocycles. The summed E-state index contributed by atoms with van der Waals surface area (Å²) in [5.74, 6) is -0.00619. The van der Waals surface area contributed by atoms with Crippen LogP contribution in [0.5, 0.6) is 5.75 Å². The molecule has 0 fully saturated rings. The maximum absolute atomic E-state index is 12.1. The van der Waals surface area contributed by atoms with Crippen molar-refractivity contribution in [1.82, 2.24) is 4.90 Å². The minimum atomic E-state index is -4.71. The topological polar surface area (TPSA) is 89.2 Å². The van der Waals surface area contributed by atoms with E-state index in [1.165, 1.54) is 29.8 Å². The van der Waals surface area contributed by atoms with Gasteiger partial charge in [-0.3, -0.25) is 0 Å². The van der Waals surface area contributed by atoms with Crippen molar-refractivity contribution in [2.24, 2.45) is 21.5 Å². The van der Waals surface area contributed by atoms with Crippen LogP contribution in [0, 0.1) is 0 Å². The molecule has 146 valence electrons. The number of guanidine groups is 2. The molecule has 6 nitrogen and oxygen atoms in total. The Bertz CT molecular complexity index is 675. The van der Waals surface area contributed by atoms with Gasteiger partial charge in [0.1, 0.15) is 5.75 Å². The van der Waals surface area contributed by atoms with Crippen molar-refractivity contribution >= 4 is 36.7 Å². The van der Waals surface area contributed by atoms with E-state index in [4.69, 9.17) is 11.5 Å². The van der Waals surface area contributed by atoms with Crippen LogP contribution in [-0.4, -0.2) is 36.3 Å². The molecule has 0 amide bonds. The average Bonchev–Trinajstić information content (AvgIpc) is 2.92.